The highest BCUT2D eigenvalue weighted by atomic mass is 35.5. The first-order valence-corrected chi connectivity index (χ1v) is 5.62. The van der Waals surface area contributed by atoms with Crippen LogP contribution in [0, 0.1) is 5.41 Å². The first-order valence-electron chi connectivity index (χ1n) is 5.62. The van der Waals surface area contributed by atoms with Crippen molar-refractivity contribution in [1.29, 1.82) is 0 Å². The summed E-state index contributed by atoms with van der Waals surface area (Å²) in [6.07, 6.45) is 3.79. The lowest BCUT2D eigenvalue weighted by Crippen LogP contribution is -2.46. The van der Waals surface area contributed by atoms with Gasteiger partial charge < -0.3 is 10.6 Å². The van der Waals surface area contributed by atoms with Crippen LogP contribution in [0.25, 0.3) is 0 Å². The van der Waals surface area contributed by atoms with Crippen molar-refractivity contribution in [2.75, 3.05) is 18.4 Å². The normalized spacial score (nSPS) is 23.9. The molecule has 0 radical (unpaired) electrons. The van der Waals surface area contributed by atoms with E-state index >= 15 is 0 Å². The van der Waals surface area contributed by atoms with Crippen LogP contribution >= 0.6 is 12.4 Å². The van der Waals surface area contributed by atoms with Crippen molar-refractivity contribution in [2.24, 2.45) is 12.5 Å². The Labute approximate surface area is 107 Å². The summed E-state index contributed by atoms with van der Waals surface area (Å²) in [6.45, 7) is 3.75. The third-order valence-electron chi connectivity index (χ3n) is 3.10. The summed E-state index contributed by atoms with van der Waals surface area (Å²) in [4.78, 5) is 12.1. The summed E-state index contributed by atoms with van der Waals surface area (Å²) >= 11 is 0. The van der Waals surface area contributed by atoms with E-state index in [4.69, 9.17) is 0 Å². The number of carbonyl (C=O) groups excluding carboxylic acids is 1. The van der Waals surface area contributed by atoms with Gasteiger partial charge in [-0.2, -0.15) is 5.10 Å². The molecule has 5 nitrogen and oxygen atoms in total. The van der Waals surface area contributed by atoms with E-state index < -0.39 is 0 Å². The van der Waals surface area contributed by atoms with Crippen LogP contribution in [0.1, 0.15) is 19.8 Å². The molecule has 1 saturated heterocycles. The standard InChI is InChI=1S/C11H18N4O.ClH/c1-11(5-3-6-12-8-11)10(16)13-9-4-7-15(2)14-9;/h4,7,12H,3,5-6,8H2,1-2H3,(H,13,14,16);1H. The fraction of sp³-hybridized carbons (Fsp3) is 0.636. The molecule has 0 saturated carbocycles. The lowest BCUT2D eigenvalue weighted by atomic mass is 9.82. The predicted molar refractivity (Wildman–Crippen MR) is 69.3 cm³/mol. The molecule has 1 unspecified atom stereocenters. The Balaban J connectivity index is 0.00000144. The SMILES string of the molecule is Cl.Cn1ccc(NC(=O)C2(C)CCCNC2)n1. The van der Waals surface area contributed by atoms with Crippen molar-refractivity contribution in [3.8, 4) is 0 Å². The molecule has 2 heterocycles. The predicted octanol–water partition coefficient (Wildman–Crippen LogP) is 1.17. The fourth-order valence-electron chi connectivity index (χ4n) is 2.00. The molecule has 0 aliphatic carbocycles. The number of halogens is 1. The third kappa shape index (κ3) is 3.20. The van der Waals surface area contributed by atoms with E-state index in [-0.39, 0.29) is 23.7 Å². The maximum Gasteiger partial charge on any atom is 0.232 e. The van der Waals surface area contributed by atoms with Gasteiger partial charge in [0.2, 0.25) is 5.91 Å². The van der Waals surface area contributed by atoms with Gasteiger partial charge in [0.05, 0.1) is 5.41 Å². The molecular weight excluding hydrogens is 240 g/mol. The van der Waals surface area contributed by atoms with E-state index in [1.54, 1.807) is 10.7 Å². The summed E-state index contributed by atoms with van der Waals surface area (Å²) in [5, 5.41) is 10.3. The molecule has 6 heteroatoms. The zero-order valence-corrected chi connectivity index (χ0v) is 11.0. The molecule has 17 heavy (non-hydrogen) atoms. The minimum absolute atomic E-state index is 0. The number of amides is 1. The number of rotatable bonds is 2. The van der Waals surface area contributed by atoms with Gasteiger partial charge in [-0.05, 0) is 26.3 Å². The Morgan fingerprint density at radius 1 is 1.65 bits per heavy atom. The van der Waals surface area contributed by atoms with Crippen LogP contribution in [0.2, 0.25) is 0 Å². The molecule has 0 spiro atoms. The molecule has 0 aromatic carbocycles. The second-order valence-corrected chi connectivity index (χ2v) is 4.67. The molecule has 1 amide bonds. The Bertz CT molecular complexity index is 385. The van der Waals surface area contributed by atoms with Gasteiger partial charge in [0.25, 0.3) is 0 Å². The first-order chi connectivity index (χ1) is 7.60. The van der Waals surface area contributed by atoms with Crippen molar-refractivity contribution < 1.29 is 4.79 Å². The average Bonchev–Trinajstić information content (AvgIpc) is 2.65. The van der Waals surface area contributed by atoms with E-state index in [9.17, 15) is 4.79 Å². The lowest BCUT2D eigenvalue weighted by Gasteiger charge is -2.32. The van der Waals surface area contributed by atoms with Crippen molar-refractivity contribution in [1.82, 2.24) is 15.1 Å². The molecule has 1 aliphatic heterocycles. The van der Waals surface area contributed by atoms with Gasteiger partial charge in [-0.25, -0.2) is 0 Å². The van der Waals surface area contributed by atoms with Gasteiger partial charge in [-0.15, -0.1) is 12.4 Å². The summed E-state index contributed by atoms with van der Waals surface area (Å²) in [5.74, 6) is 0.678. The van der Waals surface area contributed by atoms with Gasteiger partial charge >= 0.3 is 0 Å². The molecule has 2 N–H and O–H groups in total. The summed E-state index contributed by atoms with van der Waals surface area (Å²) in [6, 6.07) is 1.80. The molecule has 1 aliphatic rings. The number of piperidine rings is 1. The van der Waals surface area contributed by atoms with E-state index in [0.29, 0.717) is 5.82 Å². The van der Waals surface area contributed by atoms with E-state index in [1.807, 2.05) is 20.2 Å². The monoisotopic (exact) mass is 258 g/mol. The largest absolute Gasteiger partial charge is 0.316 e. The highest BCUT2D eigenvalue weighted by Crippen LogP contribution is 2.26. The summed E-state index contributed by atoms with van der Waals surface area (Å²) in [5.41, 5.74) is -0.310. The zero-order chi connectivity index (χ0) is 11.6. The summed E-state index contributed by atoms with van der Waals surface area (Å²) < 4.78 is 1.68. The van der Waals surface area contributed by atoms with Gasteiger partial charge in [0.15, 0.2) is 5.82 Å². The maximum atomic E-state index is 12.1. The molecular formula is C11H19ClN4O. The smallest absolute Gasteiger partial charge is 0.232 e. The minimum atomic E-state index is -0.310. The van der Waals surface area contributed by atoms with Crippen LogP contribution in [0.15, 0.2) is 12.3 Å². The number of nitrogens with one attached hydrogen (secondary N) is 2. The minimum Gasteiger partial charge on any atom is -0.316 e. The van der Waals surface area contributed by atoms with Crippen molar-refractivity contribution in [2.45, 2.75) is 19.8 Å². The van der Waals surface area contributed by atoms with Gasteiger partial charge in [0, 0.05) is 25.9 Å². The highest BCUT2D eigenvalue weighted by molar-refractivity contribution is 5.94. The summed E-state index contributed by atoms with van der Waals surface area (Å²) in [7, 11) is 1.83. The molecule has 1 aromatic rings. The molecule has 1 fully saturated rings. The zero-order valence-electron chi connectivity index (χ0n) is 10.2. The molecule has 96 valence electrons. The lowest BCUT2D eigenvalue weighted by molar-refractivity contribution is -0.125. The first kappa shape index (κ1) is 14.0. The number of hydrogen-bond acceptors (Lipinski definition) is 3. The fourth-order valence-corrected chi connectivity index (χ4v) is 2.00. The van der Waals surface area contributed by atoms with Crippen LogP contribution in [0.3, 0.4) is 0 Å². The number of nitrogens with zero attached hydrogens (tertiary/aromatic N) is 2. The number of anilines is 1. The van der Waals surface area contributed by atoms with Crippen LogP contribution in [0.4, 0.5) is 5.82 Å². The number of carbonyl (C=O) groups is 1. The van der Waals surface area contributed by atoms with Crippen molar-refractivity contribution in [3.63, 3.8) is 0 Å². The molecule has 0 bridgehead atoms. The topological polar surface area (TPSA) is 59.0 Å². The Kier molecular flexibility index (Phi) is 4.54. The van der Waals surface area contributed by atoms with Crippen molar-refractivity contribution >= 4 is 24.1 Å². The Morgan fingerprint density at radius 2 is 2.41 bits per heavy atom. The molecule has 1 atom stereocenters. The number of aryl methyl sites for hydroxylation is 1. The second kappa shape index (κ2) is 5.51. The molecule has 2 rings (SSSR count). The van der Waals surface area contributed by atoms with Crippen LogP contribution in [0.5, 0.6) is 0 Å². The van der Waals surface area contributed by atoms with Crippen molar-refractivity contribution in [3.05, 3.63) is 12.3 Å². The number of hydrogen-bond donors (Lipinski definition) is 2. The van der Waals surface area contributed by atoms with Gasteiger partial charge in [0.1, 0.15) is 0 Å². The van der Waals surface area contributed by atoms with Crippen LogP contribution in [-0.2, 0) is 11.8 Å². The van der Waals surface area contributed by atoms with Crippen LogP contribution in [-0.4, -0.2) is 28.8 Å². The Morgan fingerprint density at radius 3 is 2.94 bits per heavy atom. The quantitative estimate of drug-likeness (QED) is 0.837. The highest BCUT2D eigenvalue weighted by Gasteiger charge is 2.34. The van der Waals surface area contributed by atoms with E-state index in [2.05, 4.69) is 15.7 Å². The molecule has 1 aromatic heterocycles. The average molecular weight is 259 g/mol. The van der Waals surface area contributed by atoms with E-state index in [0.717, 1.165) is 25.9 Å². The van der Waals surface area contributed by atoms with Crippen LogP contribution < -0.4 is 10.6 Å². The van der Waals surface area contributed by atoms with E-state index in [1.165, 1.54) is 0 Å². The second-order valence-electron chi connectivity index (χ2n) is 4.67. The third-order valence-corrected chi connectivity index (χ3v) is 3.10. The maximum absolute atomic E-state index is 12.1. The Hall–Kier alpha value is -1.07. The van der Waals surface area contributed by atoms with Gasteiger partial charge in [-0.3, -0.25) is 9.48 Å². The number of aromatic nitrogens is 2. The van der Waals surface area contributed by atoms with Gasteiger partial charge in [-0.1, -0.05) is 0 Å².